The molecule has 1 atom stereocenters. The lowest BCUT2D eigenvalue weighted by atomic mass is 10.00. The summed E-state index contributed by atoms with van der Waals surface area (Å²) >= 11 is 0. The van der Waals surface area contributed by atoms with Gasteiger partial charge in [0.25, 0.3) is 0 Å². The van der Waals surface area contributed by atoms with Gasteiger partial charge in [-0.1, -0.05) is 6.07 Å². The molecule has 19 heavy (non-hydrogen) atoms. The van der Waals surface area contributed by atoms with Crippen molar-refractivity contribution in [2.45, 2.75) is 45.7 Å². The molecule has 1 rings (SSSR count). The zero-order valence-electron chi connectivity index (χ0n) is 11.8. The number of hydrogen-bond donors (Lipinski definition) is 1. The molecule has 0 saturated carbocycles. The smallest absolute Gasteiger partial charge is 0.408 e. The number of ketones is 1. The third-order valence-electron chi connectivity index (χ3n) is 2.86. The van der Waals surface area contributed by atoms with E-state index in [1.807, 2.05) is 0 Å². The third kappa shape index (κ3) is 4.05. The topological polar surface area (TPSA) is 70.5 Å². The molecule has 0 aliphatic heterocycles. The molecular formula is C14H20N2O3. The number of carboxylic acid groups (broad SMARTS) is 1. The fourth-order valence-corrected chi connectivity index (χ4v) is 2.01. The van der Waals surface area contributed by atoms with Gasteiger partial charge in [0.2, 0.25) is 0 Å². The van der Waals surface area contributed by atoms with Gasteiger partial charge >= 0.3 is 6.09 Å². The first-order valence-electron chi connectivity index (χ1n) is 6.18. The number of carbonyl (C=O) groups excluding carboxylic acids is 1. The SMILES string of the molecule is C[C@@H](C(=O)Cc1ccccn1)N(C(=O)O)C(C)(C)C. The second kappa shape index (κ2) is 5.82. The highest BCUT2D eigenvalue weighted by Crippen LogP contribution is 2.18. The Morgan fingerprint density at radius 1 is 1.37 bits per heavy atom. The Balaban J connectivity index is 2.83. The lowest BCUT2D eigenvalue weighted by Gasteiger charge is -2.37. The van der Waals surface area contributed by atoms with Crippen molar-refractivity contribution in [2.75, 3.05) is 0 Å². The molecule has 5 heteroatoms. The fraction of sp³-hybridized carbons (Fsp3) is 0.500. The summed E-state index contributed by atoms with van der Waals surface area (Å²) in [5, 5.41) is 9.25. The van der Waals surface area contributed by atoms with Crippen LogP contribution in [0.2, 0.25) is 0 Å². The van der Waals surface area contributed by atoms with Crippen molar-refractivity contribution in [1.82, 2.24) is 9.88 Å². The average Bonchev–Trinajstić information content (AvgIpc) is 2.27. The highest BCUT2D eigenvalue weighted by molar-refractivity contribution is 5.88. The Morgan fingerprint density at radius 2 is 2.00 bits per heavy atom. The van der Waals surface area contributed by atoms with Crippen LogP contribution in [0.5, 0.6) is 0 Å². The van der Waals surface area contributed by atoms with Gasteiger partial charge < -0.3 is 5.11 Å². The third-order valence-corrected chi connectivity index (χ3v) is 2.86. The number of Topliss-reactive ketones (excluding diaryl/α,β-unsaturated/α-hetero) is 1. The molecule has 1 aromatic heterocycles. The first kappa shape index (κ1) is 15.1. The predicted molar refractivity (Wildman–Crippen MR) is 72.0 cm³/mol. The minimum absolute atomic E-state index is 0.141. The molecule has 0 bridgehead atoms. The summed E-state index contributed by atoms with van der Waals surface area (Å²) in [5.74, 6) is -0.156. The summed E-state index contributed by atoms with van der Waals surface area (Å²) in [6.07, 6.45) is 0.669. The van der Waals surface area contributed by atoms with Gasteiger partial charge in [-0.25, -0.2) is 4.79 Å². The van der Waals surface area contributed by atoms with Crippen molar-refractivity contribution in [2.24, 2.45) is 0 Å². The molecular weight excluding hydrogens is 244 g/mol. The van der Waals surface area contributed by atoms with E-state index in [0.717, 1.165) is 0 Å². The van der Waals surface area contributed by atoms with Crippen LogP contribution in [0.4, 0.5) is 4.79 Å². The number of rotatable bonds is 4. The molecule has 1 aromatic rings. The predicted octanol–water partition coefficient (Wildman–Crippen LogP) is 2.36. The first-order valence-corrected chi connectivity index (χ1v) is 6.18. The maximum absolute atomic E-state index is 12.2. The molecule has 0 aliphatic rings. The van der Waals surface area contributed by atoms with E-state index in [4.69, 9.17) is 0 Å². The van der Waals surface area contributed by atoms with Crippen LogP contribution in [-0.2, 0) is 11.2 Å². The maximum Gasteiger partial charge on any atom is 0.408 e. The number of pyridine rings is 1. The van der Waals surface area contributed by atoms with E-state index >= 15 is 0 Å². The highest BCUT2D eigenvalue weighted by atomic mass is 16.4. The van der Waals surface area contributed by atoms with E-state index < -0.39 is 17.7 Å². The Labute approximate surface area is 113 Å². The van der Waals surface area contributed by atoms with Crippen LogP contribution >= 0.6 is 0 Å². The van der Waals surface area contributed by atoms with Crippen LogP contribution in [0.15, 0.2) is 24.4 Å². The first-order chi connectivity index (χ1) is 8.73. The standard InChI is InChI=1S/C14H20N2O3/c1-10(16(13(18)19)14(2,3)4)12(17)9-11-7-5-6-8-15-11/h5-8,10H,9H2,1-4H3,(H,18,19)/t10-/m0/s1. The van der Waals surface area contributed by atoms with Gasteiger partial charge in [0, 0.05) is 17.4 Å². The molecule has 0 fully saturated rings. The van der Waals surface area contributed by atoms with Gasteiger partial charge in [-0.05, 0) is 39.8 Å². The second-order valence-corrected chi connectivity index (χ2v) is 5.46. The summed E-state index contributed by atoms with van der Waals surface area (Å²) in [6, 6.07) is 4.64. The fourth-order valence-electron chi connectivity index (χ4n) is 2.01. The Kier molecular flexibility index (Phi) is 4.64. The number of amides is 1. The van der Waals surface area contributed by atoms with Gasteiger partial charge in [0.1, 0.15) is 0 Å². The molecule has 0 unspecified atom stereocenters. The Hall–Kier alpha value is -1.91. The summed E-state index contributed by atoms with van der Waals surface area (Å²) in [4.78, 5) is 28.7. The minimum atomic E-state index is -1.09. The molecule has 1 heterocycles. The molecule has 104 valence electrons. The van der Waals surface area contributed by atoms with Crippen LogP contribution in [0.1, 0.15) is 33.4 Å². The summed E-state index contributed by atoms with van der Waals surface area (Å²) in [5.41, 5.74) is 0.0315. The van der Waals surface area contributed by atoms with E-state index in [9.17, 15) is 14.7 Å². The van der Waals surface area contributed by atoms with Crippen molar-refractivity contribution >= 4 is 11.9 Å². The zero-order valence-corrected chi connectivity index (χ0v) is 11.8. The molecule has 1 amide bonds. The Bertz CT molecular complexity index is 452. The van der Waals surface area contributed by atoms with Crippen LogP contribution in [0.3, 0.4) is 0 Å². The van der Waals surface area contributed by atoms with Crippen LogP contribution in [0, 0.1) is 0 Å². The summed E-state index contributed by atoms with van der Waals surface area (Å²) < 4.78 is 0. The monoisotopic (exact) mass is 264 g/mol. The molecule has 0 spiro atoms. The molecule has 0 aromatic carbocycles. The molecule has 5 nitrogen and oxygen atoms in total. The molecule has 0 radical (unpaired) electrons. The number of nitrogens with zero attached hydrogens (tertiary/aromatic N) is 2. The van der Waals surface area contributed by atoms with Gasteiger partial charge in [0.05, 0.1) is 12.5 Å². The highest BCUT2D eigenvalue weighted by Gasteiger charge is 2.34. The van der Waals surface area contributed by atoms with Crippen molar-refractivity contribution in [3.8, 4) is 0 Å². The quantitative estimate of drug-likeness (QED) is 0.906. The van der Waals surface area contributed by atoms with Crippen molar-refractivity contribution < 1.29 is 14.7 Å². The van der Waals surface area contributed by atoms with E-state index in [1.54, 1.807) is 52.1 Å². The van der Waals surface area contributed by atoms with E-state index in [2.05, 4.69) is 4.98 Å². The van der Waals surface area contributed by atoms with Gasteiger partial charge in [-0.2, -0.15) is 0 Å². The average molecular weight is 264 g/mol. The molecule has 0 saturated heterocycles. The normalized spacial score (nSPS) is 12.8. The lowest BCUT2D eigenvalue weighted by Crippen LogP contribution is -2.53. The Morgan fingerprint density at radius 3 is 2.42 bits per heavy atom. The zero-order chi connectivity index (χ0) is 14.6. The van der Waals surface area contributed by atoms with Gasteiger partial charge in [0.15, 0.2) is 5.78 Å². The van der Waals surface area contributed by atoms with E-state index in [0.29, 0.717) is 5.69 Å². The summed E-state index contributed by atoms with van der Waals surface area (Å²) in [7, 11) is 0. The largest absolute Gasteiger partial charge is 0.465 e. The van der Waals surface area contributed by atoms with Crippen molar-refractivity contribution in [3.63, 3.8) is 0 Å². The van der Waals surface area contributed by atoms with Crippen molar-refractivity contribution in [1.29, 1.82) is 0 Å². The summed E-state index contributed by atoms with van der Waals surface area (Å²) in [6.45, 7) is 6.92. The minimum Gasteiger partial charge on any atom is -0.465 e. The second-order valence-electron chi connectivity index (χ2n) is 5.46. The number of hydrogen-bond acceptors (Lipinski definition) is 3. The van der Waals surface area contributed by atoms with Gasteiger partial charge in [-0.3, -0.25) is 14.7 Å². The molecule has 0 aliphatic carbocycles. The maximum atomic E-state index is 12.2. The van der Waals surface area contributed by atoms with E-state index in [1.165, 1.54) is 4.90 Å². The lowest BCUT2D eigenvalue weighted by molar-refractivity contribution is -0.124. The van der Waals surface area contributed by atoms with Gasteiger partial charge in [-0.15, -0.1) is 0 Å². The number of carbonyl (C=O) groups is 2. The molecule has 1 N–H and O–H groups in total. The number of aromatic nitrogens is 1. The van der Waals surface area contributed by atoms with Crippen molar-refractivity contribution in [3.05, 3.63) is 30.1 Å². The van der Waals surface area contributed by atoms with Crippen LogP contribution < -0.4 is 0 Å². The van der Waals surface area contributed by atoms with E-state index in [-0.39, 0.29) is 12.2 Å². The van der Waals surface area contributed by atoms with Crippen LogP contribution in [0.25, 0.3) is 0 Å². The van der Waals surface area contributed by atoms with Crippen LogP contribution in [-0.4, -0.2) is 38.4 Å².